The molecule has 1 aliphatic heterocycles. The molecule has 1 radical (unpaired) electrons. The van der Waals surface area contributed by atoms with Gasteiger partial charge in [0.1, 0.15) is 0 Å². The van der Waals surface area contributed by atoms with E-state index in [9.17, 15) is 4.79 Å². The normalized spacial score (nSPS) is 18.4. The number of benzene rings is 1. The molecule has 121 valence electrons. The Labute approximate surface area is 136 Å². The number of anilines is 1. The van der Waals surface area contributed by atoms with Crippen molar-refractivity contribution in [3.05, 3.63) is 29.8 Å². The largest absolute Gasteiger partial charge is 0.395 e. The standard InChI is InChI=1S/C18H29N2OSi/c1-12(2)22(13(3)4,14(5)6)20-11-16(18(19)21)15-9-7-8-10-17(15)20/h8-10,12-14,16H,11H2,1-6H3,(H2,19,21). The van der Waals surface area contributed by atoms with E-state index in [4.69, 9.17) is 5.73 Å². The lowest BCUT2D eigenvalue weighted by Crippen LogP contribution is -2.60. The number of fused-ring (bicyclic) bond motifs is 1. The van der Waals surface area contributed by atoms with E-state index < -0.39 is 8.24 Å². The molecule has 1 amide bonds. The topological polar surface area (TPSA) is 46.3 Å². The number of nitrogens with zero attached hydrogens (tertiary/aromatic N) is 1. The van der Waals surface area contributed by atoms with Crippen LogP contribution in [0.5, 0.6) is 0 Å². The highest BCUT2D eigenvalue weighted by atomic mass is 28.3. The second kappa shape index (κ2) is 6.07. The third kappa shape index (κ3) is 2.37. The number of primary amides is 1. The Hall–Kier alpha value is -1.29. The third-order valence-electron chi connectivity index (χ3n) is 5.49. The first-order valence-corrected chi connectivity index (χ1v) is 10.5. The summed E-state index contributed by atoms with van der Waals surface area (Å²) in [6.07, 6.45) is 0. The zero-order valence-corrected chi connectivity index (χ0v) is 15.7. The maximum Gasteiger partial charge on any atom is 0.226 e. The van der Waals surface area contributed by atoms with Crippen LogP contribution in [0.2, 0.25) is 16.6 Å². The number of hydrogen-bond donors (Lipinski definition) is 1. The SMILES string of the molecule is CC(C)[Si](C(C)C)(C(C)C)N1CC(C(N)=O)c2c[c]ccc21. The van der Waals surface area contributed by atoms with Crippen LogP contribution in [0.1, 0.15) is 53.0 Å². The lowest BCUT2D eigenvalue weighted by molar-refractivity contribution is -0.119. The van der Waals surface area contributed by atoms with Crippen molar-refractivity contribution in [2.45, 2.75) is 64.1 Å². The Bertz CT molecular complexity index is 532. The number of hydrogen-bond acceptors (Lipinski definition) is 2. The molecule has 1 heterocycles. The molecule has 22 heavy (non-hydrogen) atoms. The van der Waals surface area contributed by atoms with Gasteiger partial charge in [0.25, 0.3) is 0 Å². The Morgan fingerprint density at radius 2 is 1.77 bits per heavy atom. The van der Waals surface area contributed by atoms with E-state index in [1.807, 2.05) is 12.1 Å². The molecular weight excluding hydrogens is 288 g/mol. The molecule has 1 atom stereocenters. The summed E-state index contributed by atoms with van der Waals surface area (Å²) in [4.78, 5) is 11.9. The fourth-order valence-corrected chi connectivity index (χ4v) is 11.9. The predicted octanol–water partition coefficient (Wildman–Crippen LogP) is 4.05. The lowest BCUT2D eigenvalue weighted by atomic mass is 10.0. The van der Waals surface area contributed by atoms with Gasteiger partial charge in [-0.15, -0.1) is 0 Å². The average molecular weight is 318 g/mol. The maximum absolute atomic E-state index is 11.9. The minimum Gasteiger partial charge on any atom is -0.395 e. The monoisotopic (exact) mass is 317 g/mol. The summed E-state index contributed by atoms with van der Waals surface area (Å²) in [5.74, 6) is -0.418. The van der Waals surface area contributed by atoms with Gasteiger partial charge in [0.15, 0.2) is 8.24 Å². The number of rotatable bonds is 5. The summed E-state index contributed by atoms with van der Waals surface area (Å²) < 4.78 is 2.59. The van der Waals surface area contributed by atoms with Gasteiger partial charge in [-0.3, -0.25) is 4.79 Å². The summed E-state index contributed by atoms with van der Waals surface area (Å²) in [7, 11) is -1.82. The Kier molecular flexibility index (Phi) is 4.71. The molecule has 1 aromatic rings. The fourth-order valence-electron chi connectivity index (χ4n) is 4.88. The van der Waals surface area contributed by atoms with E-state index in [1.54, 1.807) is 0 Å². The summed E-state index contributed by atoms with van der Waals surface area (Å²) in [6.45, 7) is 14.8. The molecule has 0 fully saturated rings. The van der Waals surface area contributed by atoms with Crippen LogP contribution in [-0.4, -0.2) is 20.7 Å². The van der Waals surface area contributed by atoms with Gasteiger partial charge in [0.2, 0.25) is 5.91 Å². The second-order valence-electron chi connectivity index (χ2n) is 7.40. The third-order valence-corrected chi connectivity index (χ3v) is 12.4. The molecule has 0 aromatic heterocycles. The summed E-state index contributed by atoms with van der Waals surface area (Å²) in [6, 6.07) is 9.14. The van der Waals surface area contributed by atoms with Crippen LogP contribution in [0, 0.1) is 6.07 Å². The molecule has 1 aromatic carbocycles. The van der Waals surface area contributed by atoms with Gasteiger partial charge >= 0.3 is 0 Å². The van der Waals surface area contributed by atoms with Gasteiger partial charge in [-0.1, -0.05) is 47.6 Å². The van der Waals surface area contributed by atoms with Gasteiger partial charge in [0.05, 0.1) is 5.92 Å². The van der Waals surface area contributed by atoms with E-state index in [1.165, 1.54) is 5.69 Å². The summed E-state index contributed by atoms with van der Waals surface area (Å²) in [5.41, 5.74) is 9.78. The predicted molar refractivity (Wildman–Crippen MR) is 95.6 cm³/mol. The Morgan fingerprint density at radius 3 is 2.23 bits per heavy atom. The fraction of sp³-hybridized carbons (Fsp3) is 0.611. The van der Waals surface area contributed by atoms with Crippen LogP contribution in [0.3, 0.4) is 0 Å². The highest BCUT2D eigenvalue weighted by Gasteiger charge is 2.52. The first-order chi connectivity index (χ1) is 10.2. The van der Waals surface area contributed by atoms with E-state index in [2.05, 4.69) is 58.2 Å². The zero-order chi connectivity index (χ0) is 16.7. The molecule has 3 nitrogen and oxygen atoms in total. The second-order valence-corrected chi connectivity index (χ2v) is 13.2. The van der Waals surface area contributed by atoms with Crippen molar-refractivity contribution in [2.75, 3.05) is 11.1 Å². The van der Waals surface area contributed by atoms with Gasteiger partial charge in [0, 0.05) is 12.2 Å². The van der Waals surface area contributed by atoms with Crippen molar-refractivity contribution in [1.82, 2.24) is 0 Å². The van der Waals surface area contributed by atoms with Crippen LogP contribution >= 0.6 is 0 Å². The Balaban J connectivity index is 2.62. The molecule has 2 N–H and O–H groups in total. The zero-order valence-electron chi connectivity index (χ0n) is 14.7. The molecule has 4 heteroatoms. The van der Waals surface area contributed by atoms with E-state index in [0.717, 1.165) is 12.1 Å². The number of amides is 1. The van der Waals surface area contributed by atoms with Gasteiger partial charge in [-0.2, -0.15) is 0 Å². The van der Waals surface area contributed by atoms with Gasteiger partial charge in [-0.05, 0) is 40.4 Å². The average Bonchev–Trinajstić information content (AvgIpc) is 2.78. The first kappa shape index (κ1) is 17.1. The highest BCUT2D eigenvalue weighted by molar-refractivity contribution is 6.87. The minimum absolute atomic E-state index is 0.199. The van der Waals surface area contributed by atoms with Crippen LogP contribution in [0.25, 0.3) is 0 Å². The van der Waals surface area contributed by atoms with Crippen LogP contribution in [0.4, 0.5) is 5.69 Å². The summed E-state index contributed by atoms with van der Waals surface area (Å²) >= 11 is 0. The van der Waals surface area contributed by atoms with E-state index in [-0.39, 0.29) is 11.8 Å². The molecule has 2 rings (SSSR count). The van der Waals surface area contributed by atoms with Crippen LogP contribution in [-0.2, 0) is 4.79 Å². The van der Waals surface area contributed by atoms with Gasteiger partial charge in [-0.25, -0.2) is 0 Å². The molecule has 0 bridgehead atoms. The maximum atomic E-state index is 11.9. The highest BCUT2D eigenvalue weighted by Crippen LogP contribution is 2.50. The number of carbonyl (C=O) groups excluding carboxylic acids is 1. The van der Waals surface area contributed by atoms with Crippen molar-refractivity contribution in [3.8, 4) is 0 Å². The van der Waals surface area contributed by atoms with Crippen molar-refractivity contribution in [3.63, 3.8) is 0 Å². The molecule has 0 saturated carbocycles. The molecule has 0 aliphatic carbocycles. The molecule has 0 saturated heterocycles. The molecule has 1 aliphatic rings. The number of nitrogens with two attached hydrogens (primary N) is 1. The number of carbonyl (C=O) groups is 1. The van der Waals surface area contributed by atoms with E-state index in [0.29, 0.717) is 16.6 Å². The van der Waals surface area contributed by atoms with Crippen LogP contribution < -0.4 is 10.3 Å². The van der Waals surface area contributed by atoms with Crippen molar-refractivity contribution < 1.29 is 4.79 Å². The summed E-state index contributed by atoms with van der Waals surface area (Å²) in [5, 5.41) is 0. The minimum atomic E-state index is -1.82. The quantitative estimate of drug-likeness (QED) is 0.833. The van der Waals surface area contributed by atoms with Gasteiger partial charge < -0.3 is 10.3 Å². The first-order valence-electron chi connectivity index (χ1n) is 8.31. The lowest BCUT2D eigenvalue weighted by Gasteiger charge is -2.51. The molecule has 0 spiro atoms. The molecule has 1 unspecified atom stereocenters. The van der Waals surface area contributed by atoms with E-state index >= 15 is 0 Å². The molecular formula is C18H29N2OSi. The van der Waals surface area contributed by atoms with Crippen molar-refractivity contribution in [1.29, 1.82) is 0 Å². The van der Waals surface area contributed by atoms with Crippen molar-refractivity contribution in [2.24, 2.45) is 5.73 Å². The van der Waals surface area contributed by atoms with Crippen molar-refractivity contribution >= 4 is 19.8 Å². The Morgan fingerprint density at radius 1 is 1.23 bits per heavy atom. The smallest absolute Gasteiger partial charge is 0.226 e. The van der Waals surface area contributed by atoms with Crippen LogP contribution in [0.15, 0.2) is 18.2 Å².